The minimum absolute atomic E-state index is 0.196. The number of nitrogens with zero attached hydrogens (tertiary/aromatic N) is 3. The van der Waals surface area contributed by atoms with E-state index < -0.39 is 0 Å². The molecule has 1 heterocycles. The normalized spacial score (nSPS) is 17.6. The van der Waals surface area contributed by atoms with E-state index in [4.69, 9.17) is 0 Å². The average molecular weight is 336 g/mol. The Morgan fingerprint density at radius 2 is 1.90 bits per heavy atom. The van der Waals surface area contributed by atoms with Crippen molar-refractivity contribution in [2.75, 3.05) is 26.2 Å². The molecule has 0 bridgehead atoms. The maximum atomic E-state index is 11.7. The van der Waals surface area contributed by atoms with E-state index in [2.05, 4.69) is 26.9 Å². The van der Waals surface area contributed by atoms with Gasteiger partial charge in [-0.3, -0.25) is 9.69 Å². The lowest BCUT2D eigenvalue weighted by Crippen LogP contribution is -2.49. The molecule has 106 valence electrons. The molecule has 0 aliphatic carbocycles. The Labute approximate surface area is 128 Å². The zero-order valence-corrected chi connectivity index (χ0v) is 13.1. The van der Waals surface area contributed by atoms with Crippen molar-refractivity contribution in [3.63, 3.8) is 0 Å². The first-order chi connectivity index (χ1) is 9.65. The summed E-state index contributed by atoms with van der Waals surface area (Å²) < 4.78 is 1.01. The van der Waals surface area contributed by atoms with Crippen LogP contribution in [0, 0.1) is 11.3 Å². The summed E-state index contributed by atoms with van der Waals surface area (Å²) in [6.45, 7) is 4.80. The lowest BCUT2D eigenvalue weighted by atomic mass is 10.1. The quantitative estimate of drug-likeness (QED) is 0.852. The van der Waals surface area contributed by atoms with Crippen molar-refractivity contribution in [2.45, 2.75) is 19.4 Å². The van der Waals surface area contributed by atoms with Gasteiger partial charge in [0, 0.05) is 37.1 Å². The first kappa shape index (κ1) is 15.0. The molecule has 1 atom stereocenters. The molecule has 1 aromatic rings. The summed E-state index contributed by atoms with van der Waals surface area (Å²) in [4.78, 5) is 15.7. The summed E-state index contributed by atoms with van der Waals surface area (Å²) >= 11 is 3.40. The minimum Gasteiger partial charge on any atom is -0.340 e. The van der Waals surface area contributed by atoms with Crippen LogP contribution in [0.2, 0.25) is 0 Å². The average Bonchev–Trinajstić information content (AvgIpc) is 2.50. The van der Waals surface area contributed by atoms with Crippen LogP contribution < -0.4 is 0 Å². The van der Waals surface area contributed by atoms with Crippen LogP contribution in [0.5, 0.6) is 0 Å². The molecule has 0 unspecified atom stereocenters. The fourth-order valence-electron chi connectivity index (χ4n) is 2.47. The number of nitriles is 1. The lowest BCUT2D eigenvalue weighted by molar-refractivity contribution is -0.132. The zero-order valence-electron chi connectivity index (χ0n) is 11.6. The Morgan fingerprint density at radius 3 is 2.40 bits per heavy atom. The van der Waals surface area contributed by atoms with Crippen LogP contribution in [0.25, 0.3) is 0 Å². The Balaban J connectivity index is 2.02. The molecule has 0 radical (unpaired) electrons. The summed E-state index contributed by atoms with van der Waals surface area (Å²) in [7, 11) is 0. The van der Waals surface area contributed by atoms with Crippen molar-refractivity contribution in [3.05, 3.63) is 34.3 Å². The molecular weight excluding hydrogens is 318 g/mol. The van der Waals surface area contributed by atoms with Crippen LogP contribution in [0.3, 0.4) is 0 Å². The highest BCUT2D eigenvalue weighted by Gasteiger charge is 2.26. The van der Waals surface area contributed by atoms with E-state index in [1.807, 2.05) is 36.1 Å². The molecule has 20 heavy (non-hydrogen) atoms. The van der Waals surface area contributed by atoms with Gasteiger partial charge in [-0.25, -0.2) is 0 Å². The number of amides is 1. The maximum Gasteiger partial charge on any atom is 0.222 e. The third-order valence-corrected chi connectivity index (χ3v) is 4.17. The van der Waals surface area contributed by atoms with E-state index >= 15 is 0 Å². The number of carbonyl (C=O) groups excluding carboxylic acids is 1. The van der Waals surface area contributed by atoms with Gasteiger partial charge in [-0.05, 0) is 17.7 Å². The molecule has 1 aliphatic heterocycles. The van der Waals surface area contributed by atoms with Gasteiger partial charge in [0.05, 0.1) is 6.07 Å². The molecule has 0 N–H and O–H groups in total. The molecule has 2 rings (SSSR count). The van der Waals surface area contributed by atoms with Gasteiger partial charge in [-0.2, -0.15) is 5.26 Å². The van der Waals surface area contributed by atoms with E-state index in [-0.39, 0.29) is 11.9 Å². The van der Waals surface area contributed by atoms with E-state index in [9.17, 15) is 10.1 Å². The second kappa shape index (κ2) is 6.87. The van der Waals surface area contributed by atoms with E-state index in [1.54, 1.807) is 0 Å². The molecule has 4 nitrogen and oxygen atoms in total. The number of rotatable bonds is 3. The van der Waals surface area contributed by atoms with Crippen LogP contribution in [-0.2, 0) is 4.79 Å². The molecule has 0 spiro atoms. The fraction of sp³-hybridized carbons (Fsp3) is 0.467. The standard InChI is InChI=1S/C15H18BrN3O/c1-2-15(20)19-9-7-18(8-10-19)14(11-17)12-3-5-13(16)6-4-12/h3-6,14H,2,7-10H2,1H3/t14-/m1/s1. The van der Waals surface area contributed by atoms with Crippen molar-refractivity contribution < 1.29 is 4.79 Å². The summed E-state index contributed by atoms with van der Waals surface area (Å²) in [6, 6.07) is 10.00. The lowest BCUT2D eigenvalue weighted by Gasteiger charge is -2.37. The second-order valence-corrected chi connectivity index (χ2v) is 5.77. The van der Waals surface area contributed by atoms with Crippen molar-refractivity contribution in [3.8, 4) is 6.07 Å². The molecule has 1 aliphatic rings. The van der Waals surface area contributed by atoms with Crippen LogP contribution in [0.4, 0.5) is 0 Å². The van der Waals surface area contributed by atoms with Crippen molar-refractivity contribution in [2.24, 2.45) is 0 Å². The van der Waals surface area contributed by atoms with E-state index in [1.165, 1.54) is 0 Å². The second-order valence-electron chi connectivity index (χ2n) is 4.85. The third kappa shape index (κ3) is 3.38. The number of benzene rings is 1. The van der Waals surface area contributed by atoms with Gasteiger partial charge in [-0.1, -0.05) is 35.0 Å². The van der Waals surface area contributed by atoms with Crippen molar-refractivity contribution in [1.82, 2.24) is 9.80 Å². The number of carbonyl (C=O) groups is 1. The summed E-state index contributed by atoms with van der Waals surface area (Å²) in [5, 5.41) is 9.44. The number of piperazine rings is 1. The predicted molar refractivity (Wildman–Crippen MR) is 80.9 cm³/mol. The van der Waals surface area contributed by atoms with Gasteiger partial charge in [0.25, 0.3) is 0 Å². The Hall–Kier alpha value is -1.38. The first-order valence-electron chi connectivity index (χ1n) is 6.82. The van der Waals surface area contributed by atoms with Gasteiger partial charge in [0.1, 0.15) is 6.04 Å². The maximum absolute atomic E-state index is 11.7. The highest BCUT2D eigenvalue weighted by Crippen LogP contribution is 2.23. The fourth-order valence-corrected chi connectivity index (χ4v) is 2.73. The van der Waals surface area contributed by atoms with Crippen molar-refractivity contribution in [1.29, 1.82) is 5.26 Å². The molecule has 0 aromatic heterocycles. The predicted octanol–water partition coefficient (Wildman–Crippen LogP) is 2.57. The number of halogens is 1. The molecule has 5 heteroatoms. The smallest absolute Gasteiger partial charge is 0.222 e. The van der Waals surface area contributed by atoms with Crippen molar-refractivity contribution >= 4 is 21.8 Å². The van der Waals surface area contributed by atoms with E-state index in [0.29, 0.717) is 19.5 Å². The Bertz CT molecular complexity index is 501. The SMILES string of the molecule is CCC(=O)N1CCN([C@H](C#N)c2ccc(Br)cc2)CC1. The largest absolute Gasteiger partial charge is 0.340 e. The molecule has 1 saturated heterocycles. The van der Waals surface area contributed by atoms with Gasteiger partial charge < -0.3 is 4.90 Å². The van der Waals surface area contributed by atoms with Crippen LogP contribution >= 0.6 is 15.9 Å². The molecular formula is C15H18BrN3O. The third-order valence-electron chi connectivity index (χ3n) is 3.64. The topological polar surface area (TPSA) is 47.3 Å². The summed E-state index contributed by atoms with van der Waals surface area (Å²) in [5.41, 5.74) is 1.01. The Kier molecular flexibility index (Phi) is 5.16. The van der Waals surface area contributed by atoms with Gasteiger partial charge in [0.15, 0.2) is 0 Å². The molecule has 1 aromatic carbocycles. The molecule has 0 saturated carbocycles. The number of hydrogen-bond acceptors (Lipinski definition) is 3. The highest BCUT2D eigenvalue weighted by atomic mass is 79.9. The highest BCUT2D eigenvalue weighted by molar-refractivity contribution is 9.10. The van der Waals surface area contributed by atoms with Crippen LogP contribution in [0.1, 0.15) is 24.9 Å². The summed E-state index contributed by atoms with van der Waals surface area (Å²) in [6.07, 6.45) is 0.550. The number of hydrogen-bond donors (Lipinski definition) is 0. The van der Waals surface area contributed by atoms with Gasteiger partial charge >= 0.3 is 0 Å². The molecule has 1 amide bonds. The summed E-state index contributed by atoms with van der Waals surface area (Å²) in [5.74, 6) is 0.196. The minimum atomic E-state index is -0.234. The van der Waals surface area contributed by atoms with E-state index in [0.717, 1.165) is 23.1 Å². The monoisotopic (exact) mass is 335 g/mol. The van der Waals surface area contributed by atoms with Gasteiger partial charge in [0.2, 0.25) is 5.91 Å². The molecule has 1 fully saturated rings. The van der Waals surface area contributed by atoms with Gasteiger partial charge in [-0.15, -0.1) is 0 Å². The van der Waals surface area contributed by atoms with Crippen LogP contribution in [-0.4, -0.2) is 41.9 Å². The first-order valence-corrected chi connectivity index (χ1v) is 7.62. The zero-order chi connectivity index (χ0) is 14.5. The van der Waals surface area contributed by atoms with Crippen LogP contribution in [0.15, 0.2) is 28.7 Å². The Morgan fingerprint density at radius 1 is 1.30 bits per heavy atom.